The van der Waals surface area contributed by atoms with Crippen LogP contribution in [0.1, 0.15) is 25.0 Å². The van der Waals surface area contributed by atoms with Crippen molar-refractivity contribution in [2.45, 2.75) is 26.8 Å². The lowest BCUT2D eigenvalue weighted by atomic mass is 10.1. The van der Waals surface area contributed by atoms with Gasteiger partial charge in [0.05, 0.1) is 13.2 Å². The van der Waals surface area contributed by atoms with Gasteiger partial charge in [-0.3, -0.25) is 4.99 Å². The van der Waals surface area contributed by atoms with Crippen molar-refractivity contribution in [2.24, 2.45) is 4.99 Å². The summed E-state index contributed by atoms with van der Waals surface area (Å²) in [6.45, 7) is 6.53. The summed E-state index contributed by atoms with van der Waals surface area (Å²) in [4.78, 5) is 8.31. The monoisotopic (exact) mass is 390 g/mol. The number of halogens is 1. The van der Waals surface area contributed by atoms with E-state index in [4.69, 9.17) is 21.1 Å². The zero-order valence-corrected chi connectivity index (χ0v) is 16.8. The summed E-state index contributed by atoms with van der Waals surface area (Å²) in [7, 11) is 1.75. The fourth-order valence-electron chi connectivity index (χ4n) is 2.49. The maximum absolute atomic E-state index is 5.80. The summed E-state index contributed by atoms with van der Waals surface area (Å²) in [5, 5.41) is 7.06. The van der Waals surface area contributed by atoms with Crippen molar-refractivity contribution in [2.75, 3.05) is 26.8 Å². The van der Waals surface area contributed by atoms with Gasteiger partial charge in [0.15, 0.2) is 17.5 Å². The van der Waals surface area contributed by atoms with E-state index in [1.807, 2.05) is 32.0 Å². The number of aromatic nitrogens is 1. The zero-order valence-electron chi connectivity index (χ0n) is 16.1. The molecule has 2 rings (SSSR count). The van der Waals surface area contributed by atoms with Gasteiger partial charge in [-0.05, 0) is 49.6 Å². The molecule has 0 spiro atoms. The molecule has 0 fully saturated rings. The van der Waals surface area contributed by atoms with Gasteiger partial charge in [0, 0.05) is 26.3 Å². The lowest BCUT2D eigenvalue weighted by Gasteiger charge is -2.14. The summed E-state index contributed by atoms with van der Waals surface area (Å²) in [6.07, 6.45) is 2.59. The third-order valence-electron chi connectivity index (χ3n) is 3.79. The Morgan fingerprint density at radius 1 is 1.04 bits per heavy atom. The fraction of sp³-hybridized carbons (Fsp3) is 0.400. The minimum absolute atomic E-state index is 0.489. The maximum Gasteiger partial charge on any atom is 0.191 e. The Labute approximate surface area is 166 Å². The van der Waals surface area contributed by atoms with Gasteiger partial charge in [-0.25, -0.2) is 4.98 Å². The summed E-state index contributed by atoms with van der Waals surface area (Å²) in [5.41, 5.74) is 2.21. The Morgan fingerprint density at radius 3 is 2.44 bits per heavy atom. The molecule has 1 aromatic carbocycles. The molecule has 2 N–H and O–H groups in total. The largest absolute Gasteiger partial charge is 0.490 e. The quantitative estimate of drug-likeness (QED) is 0.390. The SMILES string of the molecule is CCOc1ccc(CCNC(=NC)NCc2ccc(Cl)nc2)cc1OCC. The number of hydrogen-bond donors (Lipinski definition) is 2. The van der Waals surface area contributed by atoms with Gasteiger partial charge in [0.1, 0.15) is 5.15 Å². The standard InChI is InChI=1S/C20H27ClN4O2/c1-4-26-17-8-6-15(12-18(17)27-5-2)10-11-23-20(22-3)25-14-16-7-9-19(21)24-13-16/h6-9,12-13H,4-5,10-11,14H2,1-3H3,(H2,22,23,25). The first kappa shape index (κ1) is 20.8. The highest BCUT2D eigenvalue weighted by molar-refractivity contribution is 6.29. The van der Waals surface area contributed by atoms with Gasteiger partial charge >= 0.3 is 0 Å². The van der Waals surface area contributed by atoms with Gasteiger partial charge in [-0.15, -0.1) is 0 Å². The average Bonchev–Trinajstić information content (AvgIpc) is 2.68. The average molecular weight is 391 g/mol. The molecule has 2 aromatic rings. The number of benzene rings is 1. The van der Waals surface area contributed by atoms with E-state index in [1.165, 1.54) is 5.56 Å². The van der Waals surface area contributed by atoms with Crippen LogP contribution in [0.25, 0.3) is 0 Å². The molecule has 6 nitrogen and oxygen atoms in total. The van der Waals surface area contributed by atoms with Gasteiger partial charge in [0.2, 0.25) is 0 Å². The number of pyridine rings is 1. The van der Waals surface area contributed by atoms with Crippen LogP contribution >= 0.6 is 11.6 Å². The second kappa shape index (κ2) is 11.3. The summed E-state index contributed by atoms with van der Waals surface area (Å²) in [6, 6.07) is 9.77. The summed E-state index contributed by atoms with van der Waals surface area (Å²) >= 11 is 5.80. The molecule has 0 radical (unpaired) electrons. The topological polar surface area (TPSA) is 67.8 Å². The van der Waals surface area contributed by atoms with Crippen LogP contribution in [0, 0.1) is 0 Å². The first-order valence-electron chi connectivity index (χ1n) is 9.09. The minimum atomic E-state index is 0.489. The smallest absolute Gasteiger partial charge is 0.191 e. The van der Waals surface area contributed by atoms with Crippen molar-refractivity contribution in [1.29, 1.82) is 0 Å². The molecule has 1 aromatic heterocycles. The predicted octanol–water partition coefficient (Wildman–Crippen LogP) is 3.44. The lowest BCUT2D eigenvalue weighted by Crippen LogP contribution is -2.37. The highest BCUT2D eigenvalue weighted by atomic mass is 35.5. The van der Waals surface area contributed by atoms with Crippen molar-refractivity contribution >= 4 is 17.6 Å². The number of aliphatic imine (C=N–C) groups is 1. The molecule has 146 valence electrons. The maximum atomic E-state index is 5.80. The molecule has 0 amide bonds. The second-order valence-corrected chi connectivity index (χ2v) is 6.13. The lowest BCUT2D eigenvalue weighted by molar-refractivity contribution is 0.287. The normalized spacial score (nSPS) is 11.2. The Kier molecular flexibility index (Phi) is 8.71. The van der Waals surface area contributed by atoms with E-state index in [2.05, 4.69) is 26.7 Å². The van der Waals surface area contributed by atoms with Crippen LogP contribution in [0.5, 0.6) is 11.5 Å². The molecule has 0 aliphatic carbocycles. The summed E-state index contributed by atoms with van der Waals surface area (Å²) in [5.74, 6) is 2.31. The van der Waals surface area contributed by atoms with Gasteiger partial charge in [-0.1, -0.05) is 23.7 Å². The highest BCUT2D eigenvalue weighted by Gasteiger charge is 2.06. The molecular formula is C20H27ClN4O2. The third-order valence-corrected chi connectivity index (χ3v) is 4.01. The van der Waals surface area contributed by atoms with E-state index < -0.39 is 0 Å². The first-order chi connectivity index (χ1) is 13.2. The molecule has 0 atom stereocenters. The van der Waals surface area contributed by atoms with Crippen molar-refractivity contribution in [3.8, 4) is 11.5 Å². The van der Waals surface area contributed by atoms with Crippen LogP contribution in [-0.4, -0.2) is 37.7 Å². The number of nitrogens with zero attached hydrogens (tertiary/aromatic N) is 2. The van der Waals surface area contributed by atoms with Crippen LogP contribution < -0.4 is 20.1 Å². The number of ether oxygens (including phenoxy) is 2. The van der Waals surface area contributed by atoms with Crippen molar-refractivity contribution in [3.63, 3.8) is 0 Å². The molecule has 1 heterocycles. The Hall–Kier alpha value is -2.47. The highest BCUT2D eigenvalue weighted by Crippen LogP contribution is 2.28. The van der Waals surface area contributed by atoms with Crippen LogP contribution in [0.15, 0.2) is 41.5 Å². The van der Waals surface area contributed by atoms with Gasteiger partial charge < -0.3 is 20.1 Å². The van der Waals surface area contributed by atoms with Crippen molar-refractivity contribution < 1.29 is 9.47 Å². The molecular weight excluding hydrogens is 364 g/mol. The Balaban J connectivity index is 1.84. The van der Waals surface area contributed by atoms with E-state index in [1.54, 1.807) is 19.3 Å². The molecule has 0 aliphatic rings. The van der Waals surface area contributed by atoms with Crippen LogP contribution in [0.2, 0.25) is 5.15 Å². The molecule has 27 heavy (non-hydrogen) atoms. The summed E-state index contributed by atoms with van der Waals surface area (Å²) < 4.78 is 11.3. The number of nitrogens with one attached hydrogen (secondary N) is 2. The van der Waals surface area contributed by atoms with Crippen LogP contribution in [-0.2, 0) is 13.0 Å². The zero-order chi connectivity index (χ0) is 19.5. The Bertz CT molecular complexity index is 735. The molecule has 0 saturated carbocycles. The van der Waals surface area contributed by atoms with Crippen molar-refractivity contribution in [3.05, 3.63) is 52.8 Å². The van der Waals surface area contributed by atoms with Crippen LogP contribution in [0.4, 0.5) is 0 Å². The molecule has 0 bridgehead atoms. The van der Waals surface area contributed by atoms with Crippen LogP contribution in [0.3, 0.4) is 0 Å². The molecule has 0 aliphatic heterocycles. The number of hydrogen-bond acceptors (Lipinski definition) is 4. The Morgan fingerprint density at radius 2 is 1.78 bits per heavy atom. The number of guanidine groups is 1. The van der Waals surface area contributed by atoms with Gasteiger partial charge in [0.25, 0.3) is 0 Å². The predicted molar refractivity (Wildman–Crippen MR) is 110 cm³/mol. The van der Waals surface area contributed by atoms with Crippen molar-refractivity contribution in [1.82, 2.24) is 15.6 Å². The molecule has 0 saturated heterocycles. The van der Waals surface area contributed by atoms with Gasteiger partial charge in [-0.2, -0.15) is 0 Å². The second-order valence-electron chi connectivity index (χ2n) is 5.74. The van der Waals surface area contributed by atoms with E-state index >= 15 is 0 Å². The molecule has 7 heteroatoms. The van der Waals surface area contributed by atoms with E-state index in [0.29, 0.717) is 24.9 Å². The minimum Gasteiger partial charge on any atom is -0.490 e. The van der Waals surface area contributed by atoms with E-state index in [0.717, 1.165) is 36.0 Å². The van der Waals surface area contributed by atoms with E-state index in [-0.39, 0.29) is 0 Å². The third kappa shape index (κ3) is 6.98. The first-order valence-corrected chi connectivity index (χ1v) is 9.47. The number of rotatable bonds is 9. The van der Waals surface area contributed by atoms with E-state index in [9.17, 15) is 0 Å². The molecule has 0 unspecified atom stereocenters. The fourth-order valence-corrected chi connectivity index (χ4v) is 2.61.